The van der Waals surface area contributed by atoms with Gasteiger partial charge in [0, 0.05) is 32.0 Å². The number of hydrogen-bond donors (Lipinski definition) is 3. The van der Waals surface area contributed by atoms with Crippen molar-refractivity contribution >= 4 is 6.03 Å². The molecule has 3 N–H and O–H groups in total. The maximum atomic E-state index is 11.9. The third-order valence-electron chi connectivity index (χ3n) is 4.62. The zero-order chi connectivity index (χ0) is 18.3. The third-order valence-corrected chi connectivity index (χ3v) is 4.62. The Hall–Kier alpha value is -2.34. The molecule has 1 heterocycles. The van der Waals surface area contributed by atoms with Crippen LogP contribution in [-0.4, -0.2) is 32.8 Å². The number of nitrogens with one attached hydrogen (secondary N) is 2. The van der Waals surface area contributed by atoms with Crippen LogP contribution in [-0.2, 0) is 13.1 Å². The molecule has 2 aromatic rings. The van der Waals surface area contributed by atoms with Gasteiger partial charge in [-0.15, -0.1) is 0 Å². The Morgan fingerprint density at radius 2 is 1.96 bits per heavy atom. The van der Waals surface area contributed by atoms with Crippen molar-refractivity contribution in [3.8, 4) is 0 Å². The highest BCUT2D eigenvalue weighted by Gasteiger charge is 2.22. The highest BCUT2D eigenvalue weighted by atomic mass is 16.3. The third kappa shape index (κ3) is 5.60. The fraction of sp³-hybridized carbons (Fsp3) is 0.474. The number of nitrogens with zero attached hydrogens (tertiary/aromatic N) is 2. The normalized spacial score (nSPS) is 11.4. The van der Waals surface area contributed by atoms with Gasteiger partial charge >= 0.3 is 6.03 Å². The number of carbonyl (C=O) groups is 1. The molecule has 0 radical (unpaired) electrons. The number of imidazole rings is 1. The Balaban J connectivity index is 1.85. The second-order valence-electron chi connectivity index (χ2n) is 6.39. The molecule has 6 nitrogen and oxygen atoms in total. The summed E-state index contributed by atoms with van der Waals surface area (Å²) in [5.74, 6) is 0.974. The summed E-state index contributed by atoms with van der Waals surface area (Å²) in [5, 5.41) is 15.8. The second-order valence-corrected chi connectivity index (χ2v) is 6.39. The predicted octanol–water partition coefficient (Wildman–Crippen LogP) is 2.59. The van der Waals surface area contributed by atoms with Crippen LogP contribution in [0.5, 0.6) is 0 Å². The van der Waals surface area contributed by atoms with Crippen molar-refractivity contribution in [1.82, 2.24) is 20.2 Å². The molecule has 0 spiro atoms. The summed E-state index contributed by atoms with van der Waals surface area (Å²) in [5.41, 5.74) is 1.36. The topological polar surface area (TPSA) is 79.2 Å². The van der Waals surface area contributed by atoms with Gasteiger partial charge in [-0.1, -0.05) is 38.1 Å². The molecule has 2 rings (SSSR count). The fourth-order valence-corrected chi connectivity index (χ4v) is 2.60. The van der Waals surface area contributed by atoms with Crippen LogP contribution in [0.25, 0.3) is 0 Å². The summed E-state index contributed by atoms with van der Waals surface area (Å²) in [7, 11) is 0. The minimum atomic E-state index is -0.833. The van der Waals surface area contributed by atoms with Crippen molar-refractivity contribution in [2.24, 2.45) is 0 Å². The monoisotopic (exact) mass is 344 g/mol. The summed E-state index contributed by atoms with van der Waals surface area (Å²) in [6, 6.07) is 7.85. The Kier molecular flexibility index (Phi) is 6.58. The van der Waals surface area contributed by atoms with Crippen molar-refractivity contribution in [2.75, 3.05) is 6.54 Å². The van der Waals surface area contributed by atoms with Crippen LogP contribution in [0.3, 0.4) is 0 Å². The molecule has 1 aromatic carbocycles. The first-order chi connectivity index (χ1) is 12.0. The summed E-state index contributed by atoms with van der Waals surface area (Å²) < 4.78 is 2.08. The minimum absolute atomic E-state index is 0.256. The summed E-state index contributed by atoms with van der Waals surface area (Å²) >= 11 is 0. The maximum Gasteiger partial charge on any atom is 0.315 e. The number of hydrogen-bond acceptors (Lipinski definition) is 3. The van der Waals surface area contributed by atoms with E-state index in [0.717, 1.165) is 23.5 Å². The lowest BCUT2D eigenvalue weighted by atomic mass is 9.98. The Bertz CT molecular complexity index is 692. The number of aryl methyl sites for hydroxylation is 1. The van der Waals surface area contributed by atoms with Gasteiger partial charge in [0.15, 0.2) is 0 Å². The van der Waals surface area contributed by atoms with Gasteiger partial charge in [-0.25, -0.2) is 9.78 Å². The minimum Gasteiger partial charge on any atom is -0.388 e. The van der Waals surface area contributed by atoms with Gasteiger partial charge in [0.05, 0.1) is 5.60 Å². The molecule has 0 bridgehead atoms. The zero-order valence-corrected chi connectivity index (χ0v) is 15.2. The van der Waals surface area contributed by atoms with Gasteiger partial charge in [0.1, 0.15) is 5.82 Å². The molecule has 0 aliphatic rings. The predicted molar refractivity (Wildman–Crippen MR) is 98.3 cm³/mol. The average Bonchev–Trinajstić information content (AvgIpc) is 3.03. The van der Waals surface area contributed by atoms with E-state index in [4.69, 9.17) is 0 Å². The molecule has 0 atom stereocenters. The SMILES string of the molecule is CCC(O)(CC)CNC(=O)NCc1cccc(Cn2ccnc2C)c1. The van der Waals surface area contributed by atoms with Crippen molar-refractivity contribution in [1.29, 1.82) is 0 Å². The first kappa shape index (κ1) is 19.0. The largest absolute Gasteiger partial charge is 0.388 e. The number of aromatic nitrogens is 2. The van der Waals surface area contributed by atoms with Crippen molar-refractivity contribution < 1.29 is 9.90 Å². The van der Waals surface area contributed by atoms with E-state index in [-0.39, 0.29) is 12.6 Å². The van der Waals surface area contributed by atoms with Gasteiger partial charge in [-0.3, -0.25) is 0 Å². The van der Waals surface area contributed by atoms with Crippen LogP contribution in [0.4, 0.5) is 4.79 Å². The molecular formula is C19H28N4O2. The summed E-state index contributed by atoms with van der Waals surface area (Å²) in [4.78, 5) is 16.2. The average molecular weight is 344 g/mol. The molecule has 1 aromatic heterocycles. The highest BCUT2D eigenvalue weighted by molar-refractivity contribution is 5.73. The van der Waals surface area contributed by atoms with E-state index in [1.54, 1.807) is 6.20 Å². The lowest BCUT2D eigenvalue weighted by molar-refractivity contribution is 0.0349. The van der Waals surface area contributed by atoms with Crippen LogP contribution in [0.2, 0.25) is 0 Å². The van der Waals surface area contributed by atoms with E-state index in [1.165, 1.54) is 0 Å². The lowest BCUT2D eigenvalue weighted by Gasteiger charge is -2.25. The van der Waals surface area contributed by atoms with Gasteiger partial charge < -0.3 is 20.3 Å². The Morgan fingerprint density at radius 1 is 1.24 bits per heavy atom. The molecule has 0 fully saturated rings. The Morgan fingerprint density at radius 3 is 2.60 bits per heavy atom. The molecule has 0 unspecified atom stereocenters. The van der Waals surface area contributed by atoms with E-state index in [1.807, 2.05) is 39.1 Å². The van der Waals surface area contributed by atoms with Gasteiger partial charge in [-0.05, 0) is 30.9 Å². The molecule has 0 aliphatic carbocycles. The first-order valence-corrected chi connectivity index (χ1v) is 8.75. The molecule has 6 heteroatoms. The van der Waals surface area contributed by atoms with Crippen LogP contribution in [0, 0.1) is 6.92 Å². The molecule has 0 aliphatic heterocycles. The van der Waals surface area contributed by atoms with E-state index in [0.29, 0.717) is 19.4 Å². The quantitative estimate of drug-likeness (QED) is 0.689. The molecular weight excluding hydrogens is 316 g/mol. The van der Waals surface area contributed by atoms with Crippen LogP contribution in [0.15, 0.2) is 36.7 Å². The van der Waals surface area contributed by atoms with Gasteiger partial charge in [0.2, 0.25) is 0 Å². The number of rotatable bonds is 8. The summed E-state index contributed by atoms with van der Waals surface area (Å²) in [6.07, 6.45) is 4.97. The van der Waals surface area contributed by atoms with Crippen molar-refractivity contribution in [2.45, 2.75) is 52.3 Å². The Labute approximate surface area is 149 Å². The molecule has 0 saturated heterocycles. The number of benzene rings is 1. The number of carbonyl (C=O) groups excluding carboxylic acids is 1. The van der Waals surface area contributed by atoms with Crippen molar-refractivity contribution in [3.63, 3.8) is 0 Å². The van der Waals surface area contributed by atoms with E-state index < -0.39 is 5.60 Å². The summed E-state index contributed by atoms with van der Waals surface area (Å²) in [6.45, 7) is 7.26. The van der Waals surface area contributed by atoms with E-state index >= 15 is 0 Å². The molecule has 25 heavy (non-hydrogen) atoms. The highest BCUT2D eigenvalue weighted by Crippen LogP contribution is 2.12. The molecule has 0 saturated carbocycles. The number of amides is 2. The maximum absolute atomic E-state index is 11.9. The van der Waals surface area contributed by atoms with Gasteiger partial charge in [-0.2, -0.15) is 0 Å². The van der Waals surface area contributed by atoms with Crippen LogP contribution < -0.4 is 10.6 Å². The van der Waals surface area contributed by atoms with Crippen LogP contribution in [0.1, 0.15) is 43.6 Å². The number of urea groups is 1. The lowest BCUT2D eigenvalue weighted by Crippen LogP contribution is -2.45. The molecule has 136 valence electrons. The zero-order valence-electron chi connectivity index (χ0n) is 15.2. The van der Waals surface area contributed by atoms with E-state index in [9.17, 15) is 9.90 Å². The molecule has 2 amide bonds. The standard InChI is InChI=1S/C19H28N4O2/c1-4-19(25,5-2)14-22-18(24)21-12-16-7-6-8-17(11-16)13-23-10-9-20-15(23)3/h6-11,25H,4-5,12-14H2,1-3H3,(H2,21,22,24). The second kappa shape index (κ2) is 8.67. The van der Waals surface area contributed by atoms with Crippen molar-refractivity contribution in [3.05, 3.63) is 53.6 Å². The first-order valence-electron chi connectivity index (χ1n) is 8.75. The number of aliphatic hydroxyl groups is 1. The smallest absolute Gasteiger partial charge is 0.315 e. The fourth-order valence-electron chi connectivity index (χ4n) is 2.60. The van der Waals surface area contributed by atoms with Gasteiger partial charge in [0.25, 0.3) is 0 Å². The van der Waals surface area contributed by atoms with E-state index in [2.05, 4.69) is 32.3 Å². The van der Waals surface area contributed by atoms with Crippen LogP contribution >= 0.6 is 0 Å².